The summed E-state index contributed by atoms with van der Waals surface area (Å²) in [6, 6.07) is 33.6. The van der Waals surface area contributed by atoms with E-state index in [4.69, 9.17) is 18.9 Å². The first-order valence-electron chi connectivity index (χ1n) is 12.9. The molecule has 0 spiro atoms. The average Bonchev–Trinajstić information content (AvgIpc) is 3.91. The van der Waals surface area contributed by atoms with Gasteiger partial charge in [-0.2, -0.15) is 0 Å². The summed E-state index contributed by atoms with van der Waals surface area (Å²) in [7, 11) is 0. The van der Waals surface area contributed by atoms with Gasteiger partial charge in [0.05, 0.1) is 13.2 Å². The molecule has 2 fully saturated rings. The first kappa shape index (κ1) is 23.0. The maximum atomic E-state index is 14.3. The largest absolute Gasteiger partial charge is 0.490 e. The summed E-state index contributed by atoms with van der Waals surface area (Å²) >= 11 is 0. The van der Waals surface area contributed by atoms with Gasteiger partial charge in [0.1, 0.15) is 42.5 Å². The van der Waals surface area contributed by atoms with Crippen molar-refractivity contribution in [2.75, 3.05) is 31.3 Å². The minimum absolute atomic E-state index is 0.0764. The number of epoxide rings is 2. The van der Waals surface area contributed by atoms with Crippen molar-refractivity contribution < 1.29 is 23.7 Å². The van der Waals surface area contributed by atoms with Gasteiger partial charge in [-0.1, -0.05) is 72.8 Å². The number of rotatable bonds is 9. The maximum absolute atomic E-state index is 14.3. The molecule has 4 aromatic carbocycles. The quantitative estimate of drug-likeness (QED) is 0.293. The summed E-state index contributed by atoms with van der Waals surface area (Å²) in [6.45, 7) is 2.30. The van der Waals surface area contributed by atoms with E-state index in [1.54, 1.807) is 0 Å². The van der Waals surface area contributed by atoms with Crippen LogP contribution in [0.4, 0.5) is 5.69 Å². The number of nitrogens with zero attached hydrogens (tertiary/aromatic N) is 1. The Morgan fingerprint density at radius 2 is 1.13 bits per heavy atom. The molecule has 0 bridgehead atoms. The van der Waals surface area contributed by atoms with Crippen molar-refractivity contribution in [3.05, 3.63) is 125 Å². The van der Waals surface area contributed by atoms with Gasteiger partial charge in [0, 0.05) is 27.9 Å². The Labute approximate surface area is 221 Å². The van der Waals surface area contributed by atoms with Crippen LogP contribution in [0.3, 0.4) is 0 Å². The van der Waals surface area contributed by atoms with Gasteiger partial charge in [-0.05, 0) is 30.3 Å². The lowest BCUT2D eigenvalue weighted by atomic mass is 9.75. The maximum Gasteiger partial charge on any atom is 0.260 e. The average molecular weight is 506 g/mol. The number of anilines is 1. The molecular weight excluding hydrogens is 478 g/mol. The number of benzene rings is 4. The summed E-state index contributed by atoms with van der Waals surface area (Å²) < 4.78 is 23.6. The highest BCUT2D eigenvalue weighted by Gasteiger charge is 2.55. The van der Waals surface area contributed by atoms with E-state index in [9.17, 15) is 4.79 Å². The lowest BCUT2D eigenvalue weighted by Crippen LogP contribution is -2.46. The Bertz CT molecular complexity index is 1420. The highest BCUT2D eigenvalue weighted by atomic mass is 16.6. The molecule has 3 aliphatic heterocycles. The van der Waals surface area contributed by atoms with Crippen LogP contribution >= 0.6 is 0 Å². The van der Waals surface area contributed by atoms with Gasteiger partial charge in [0.25, 0.3) is 5.91 Å². The number of carbonyl (C=O) groups is 1. The Hall–Kier alpha value is -4.13. The zero-order chi connectivity index (χ0) is 25.5. The number of fused-ring (bicyclic) bond motifs is 1. The Morgan fingerprint density at radius 1 is 0.658 bits per heavy atom. The monoisotopic (exact) mass is 505 g/mol. The summed E-state index contributed by atoms with van der Waals surface area (Å²) in [6.07, 6.45) is 0.187. The highest BCUT2D eigenvalue weighted by Crippen LogP contribution is 2.55. The molecule has 7 rings (SSSR count). The number of amides is 1. The third kappa shape index (κ3) is 3.85. The molecule has 2 atom stereocenters. The molecule has 1 amide bonds. The van der Waals surface area contributed by atoms with Crippen LogP contribution in [0.25, 0.3) is 0 Å². The van der Waals surface area contributed by atoms with Gasteiger partial charge in [-0.25, -0.2) is 0 Å². The number of hydrogen-bond acceptors (Lipinski definition) is 5. The van der Waals surface area contributed by atoms with Crippen molar-refractivity contribution in [3.63, 3.8) is 0 Å². The second-order valence-electron chi connectivity index (χ2n) is 9.76. The van der Waals surface area contributed by atoms with E-state index < -0.39 is 5.54 Å². The predicted molar refractivity (Wildman–Crippen MR) is 143 cm³/mol. The first-order chi connectivity index (χ1) is 18.8. The van der Waals surface area contributed by atoms with Crippen LogP contribution < -0.4 is 14.4 Å². The van der Waals surface area contributed by atoms with Crippen molar-refractivity contribution in [3.8, 4) is 11.5 Å². The molecule has 6 heteroatoms. The molecule has 4 aromatic rings. The second kappa shape index (κ2) is 9.31. The molecule has 2 saturated heterocycles. The van der Waals surface area contributed by atoms with Crippen molar-refractivity contribution in [2.24, 2.45) is 0 Å². The smallest absolute Gasteiger partial charge is 0.260 e. The van der Waals surface area contributed by atoms with Crippen LogP contribution in [0.2, 0.25) is 0 Å². The number of para-hydroxylation sites is 3. The van der Waals surface area contributed by atoms with Gasteiger partial charge >= 0.3 is 0 Å². The summed E-state index contributed by atoms with van der Waals surface area (Å²) in [4.78, 5) is 16.2. The van der Waals surface area contributed by atoms with Gasteiger partial charge in [0.15, 0.2) is 0 Å². The van der Waals surface area contributed by atoms with E-state index >= 15 is 0 Å². The minimum Gasteiger partial charge on any atom is -0.490 e. The van der Waals surface area contributed by atoms with Crippen molar-refractivity contribution in [1.29, 1.82) is 0 Å². The Morgan fingerprint density at radius 3 is 1.68 bits per heavy atom. The fraction of sp³-hybridized carbons (Fsp3) is 0.219. The number of carbonyl (C=O) groups excluding carboxylic acids is 1. The van der Waals surface area contributed by atoms with Gasteiger partial charge in [0.2, 0.25) is 0 Å². The van der Waals surface area contributed by atoms with E-state index in [1.807, 2.05) is 95.9 Å². The van der Waals surface area contributed by atoms with E-state index in [-0.39, 0.29) is 18.1 Å². The van der Waals surface area contributed by atoms with Gasteiger partial charge < -0.3 is 18.9 Å². The molecule has 0 radical (unpaired) electrons. The van der Waals surface area contributed by atoms with Crippen molar-refractivity contribution >= 4 is 11.6 Å². The van der Waals surface area contributed by atoms with Crippen LogP contribution in [0.5, 0.6) is 11.5 Å². The normalized spacial score (nSPS) is 23.2. The molecule has 3 aliphatic rings. The van der Waals surface area contributed by atoms with Crippen LogP contribution in [0, 0.1) is 0 Å². The summed E-state index contributed by atoms with van der Waals surface area (Å²) in [5.41, 5.74) is 3.00. The molecule has 0 aromatic heterocycles. The van der Waals surface area contributed by atoms with Crippen molar-refractivity contribution in [2.45, 2.75) is 17.7 Å². The van der Waals surface area contributed by atoms with E-state index in [0.29, 0.717) is 43.5 Å². The van der Waals surface area contributed by atoms with Crippen LogP contribution in [0.1, 0.15) is 27.0 Å². The third-order valence-corrected chi connectivity index (χ3v) is 7.31. The lowest BCUT2D eigenvalue weighted by molar-refractivity contribution is 0.0986. The van der Waals surface area contributed by atoms with E-state index in [0.717, 1.165) is 22.4 Å². The predicted octanol–water partition coefficient (Wildman–Crippen LogP) is 5.19. The topological polar surface area (TPSA) is 63.8 Å². The zero-order valence-corrected chi connectivity index (χ0v) is 20.8. The summed E-state index contributed by atoms with van der Waals surface area (Å²) in [5.74, 6) is 1.33. The van der Waals surface area contributed by atoms with E-state index in [1.165, 1.54) is 0 Å². The van der Waals surface area contributed by atoms with Crippen LogP contribution in [-0.2, 0) is 15.0 Å². The van der Waals surface area contributed by atoms with Crippen LogP contribution in [-0.4, -0.2) is 44.5 Å². The highest BCUT2D eigenvalue weighted by molar-refractivity contribution is 6.14. The SMILES string of the molecule is O=C1c2ccccc2C(c2ccccc2OCC2CO2)(c2ccccc2OCC2CO2)N1c1ccccc1. The molecule has 2 unspecified atom stereocenters. The Balaban J connectivity index is 1.52. The zero-order valence-electron chi connectivity index (χ0n) is 20.8. The second-order valence-corrected chi connectivity index (χ2v) is 9.76. The molecule has 0 N–H and O–H groups in total. The molecule has 0 saturated carbocycles. The molecule has 38 heavy (non-hydrogen) atoms. The fourth-order valence-corrected chi connectivity index (χ4v) is 5.42. The molecule has 3 heterocycles. The summed E-state index contributed by atoms with van der Waals surface area (Å²) in [5, 5.41) is 0. The molecule has 0 aliphatic carbocycles. The number of ether oxygens (including phenoxy) is 4. The van der Waals surface area contributed by atoms with Crippen LogP contribution in [0.15, 0.2) is 103 Å². The standard InChI is InChI=1S/C32H27NO5/c34-31-25-12-4-5-13-26(25)32(33(31)22-10-2-1-3-11-22,27-14-6-8-16-29(27)37-20-23-18-35-23)28-15-7-9-17-30(28)38-21-24-19-36-24/h1-17,23-24H,18-21H2. The third-order valence-electron chi connectivity index (χ3n) is 7.31. The first-order valence-corrected chi connectivity index (χ1v) is 12.9. The molecule has 190 valence electrons. The van der Waals surface area contributed by atoms with Crippen molar-refractivity contribution in [1.82, 2.24) is 0 Å². The Kier molecular flexibility index (Phi) is 5.64. The number of hydrogen-bond donors (Lipinski definition) is 0. The lowest BCUT2D eigenvalue weighted by Gasteiger charge is -2.41. The fourth-order valence-electron chi connectivity index (χ4n) is 5.42. The van der Waals surface area contributed by atoms with E-state index in [2.05, 4.69) is 12.1 Å². The van der Waals surface area contributed by atoms with Gasteiger partial charge in [-0.15, -0.1) is 0 Å². The molecular formula is C32H27NO5. The minimum atomic E-state index is -1.04. The molecule has 6 nitrogen and oxygen atoms in total. The van der Waals surface area contributed by atoms with Gasteiger partial charge in [-0.3, -0.25) is 9.69 Å².